The monoisotopic (exact) mass is 603 g/mol. The Balaban J connectivity index is 1.41. The van der Waals surface area contributed by atoms with E-state index < -0.39 is 6.04 Å². The lowest BCUT2D eigenvalue weighted by molar-refractivity contribution is -0.120. The van der Waals surface area contributed by atoms with E-state index in [2.05, 4.69) is 22.2 Å². The van der Waals surface area contributed by atoms with E-state index in [0.717, 1.165) is 24.0 Å². The van der Waals surface area contributed by atoms with Crippen molar-refractivity contribution in [1.82, 2.24) is 25.4 Å². The number of likely N-dealkylation sites (tertiary alicyclic amines) is 1. The number of nitrogens with one attached hydrogen (secondary N) is 2. The summed E-state index contributed by atoms with van der Waals surface area (Å²) < 4.78 is 0. The topological polar surface area (TPSA) is 115 Å². The predicted molar refractivity (Wildman–Crippen MR) is 169 cm³/mol. The Hall–Kier alpha value is -4.02. The Morgan fingerprint density at radius 1 is 1.19 bits per heavy atom. The Morgan fingerprint density at radius 3 is 2.58 bits per heavy atom. The van der Waals surface area contributed by atoms with Gasteiger partial charge in [-0.2, -0.15) is 11.3 Å². The van der Waals surface area contributed by atoms with Gasteiger partial charge < -0.3 is 25.5 Å². The third-order valence-electron chi connectivity index (χ3n) is 7.78. The number of aliphatic hydroxyl groups excluding tert-OH is 1. The zero-order valence-corrected chi connectivity index (χ0v) is 25.9. The van der Waals surface area contributed by atoms with Gasteiger partial charge in [-0.25, -0.2) is 0 Å². The second-order valence-corrected chi connectivity index (χ2v) is 12.2. The lowest BCUT2D eigenvalue weighted by Gasteiger charge is -2.33. The lowest BCUT2D eigenvalue weighted by atomic mass is 9.96. The molecule has 0 aromatic carbocycles. The molecule has 43 heavy (non-hydrogen) atoms. The standard InChI is InChI=1S/C33H41N5O4S/c1-22(2)17-28(20-39)36-32(41)30(23(3)27-11-16-43-21-27)38-13-6-8-29(24(38)4)31(40)35-18-25-9-14-37(15-10-25)33(42)26-7-5-12-34-19-26/h5-8,11-13,16,19,21-22,25,28,39H,4,9-10,14-15,17-18,20H2,1-3H3,(H,35,40)(H,36,41)/b30-23+. The average Bonchev–Trinajstić information content (AvgIpc) is 3.56. The molecule has 2 aromatic rings. The summed E-state index contributed by atoms with van der Waals surface area (Å²) in [5.41, 5.74) is 3.33. The lowest BCUT2D eigenvalue weighted by Crippen LogP contribution is -2.43. The Bertz CT molecular complexity index is 1390. The number of carbonyl (C=O) groups is 3. The van der Waals surface area contributed by atoms with Crippen LogP contribution in [0.25, 0.3) is 5.57 Å². The summed E-state index contributed by atoms with van der Waals surface area (Å²) in [6.07, 6.45) is 10.6. The van der Waals surface area contributed by atoms with Crippen LogP contribution in [-0.2, 0) is 9.59 Å². The molecular formula is C33H41N5O4S. The van der Waals surface area contributed by atoms with Gasteiger partial charge >= 0.3 is 0 Å². The highest BCUT2D eigenvalue weighted by Gasteiger charge is 2.30. The minimum absolute atomic E-state index is 0.0220. The number of allylic oxidation sites excluding steroid dienone is 3. The first kappa shape index (κ1) is 31.9. The van der Waals surface area contributed by atoms with Gasteiger partial charge in [-0.15, -0.1) is 0 Å². The molecule has 3 amide bonds. The molecular weight excluding hydrogens is 562 g/mol. The summed E-state index contributed by atoms with van der Waals surface area (Å²) >= 11 is 1.53. The molecule has 1 fully saturated rings. The van der Waals surface area contributed by atoms with Gasteiger partial charge in [0.25, 0.3) is 17.7 Å². The maximum atomic E-state index is 13.7. The summed E-state index contributed by atoms with van der Waals surface area (Å²) in [5.74, 6) is -0.104. The SMILES string of the molecule is C=C1C(C(=O)NCC2CCN(C(=O)c3cccnc3)CC2)=CC=CN1/C(C(=O)NC(CO)CC(C)C)=C(\C)c1ccsc1. The molecule has 9 nitrogen and oxygen atoms in total. The second kappa shape index (κ2) is 14.9. The van der Waals surface area contributed by atoms with Gasteiger partial charge in [0.15, 0.2) is 0 Å². The van der Waals surface area contributed by atoms with Crippen molar-refractivity contribution >= 4 is 34.6 Å². The molecule has 4 heterocycles. The van der Waals surface area contributed by atoms with E-state index >= 15 is 0 Å². The molecule has 0 aliphatic carbocycles. The van der Waals surface area contributed by atoms with Crippen molar-refractivity contribution in [2.24, 2.45) is 11.8 Å². The molecule has 2 aliphatic rings. The normalized spacial score (nSPS) is 17.0. The quantitative estimate of drug-likeness (QED) is 0.330. The van der Waals surface area contributed by atoms with Gasteiger partial charge in [-0.3, -0.25) is 19.4 Å². The van der Waals surface area contributed by atoms with E-state index in [0.29, 0.717) is 54.5 Å². The summed E-state index contributed by atoms with van der Waals surface area (Å²) in [6, 6.07) is 5.07. The van der Waals surface area contributed by atoms with Crippen molar-refractivity contribution in [3.63, 3.8) is 0 Å². The fourth-order valence-corrected chi connectivity index (χ4v) is 6.08. The Kier molecular flexibility index (Phi) is 11.1. The molecule has 1 saturated heterocycles. The van der Waals surface area contributed by atoms with Gasteiger partial charge in [-0.05, 0) is 90.3 Å². The summed E-state index contributed by atoms with van der Waals surface area (Å²) in [6.45, 7) is 11.7. The van der Waals surface area contributed by atoms with Crippen LogP contribution in [0.4, 0.5) is 0 Å². The molecule has 2 aromatic heterocycles. The highest BCUT2D eigenvalue weighted by Crippen LogP contribution is 2.30. The van der Waals surface area contributed by atoms with Crippen molar-refractivity contribution in [3.8, 4) is 0 Å². The van der Waals surface area contributed by atoms with Crippen LogP contribution in [0.2, 0.25) is 0 Å². The van der Waals surface area contributed by atoms with E-state index in [4.69, 9.17) is 0 Å². The van der Waals surface area contributed by atoms with Gasteiger partial charge in [0.1, 0.15) is 5.70 Å². The van der Waals surface area contributed by atoms with Crippen LogP contribution in [0.3, 0.4) is 0 Å². The molecule has 10 heteroatoms. The highest BCUT2D eigenvalue weighted by atomic mass is 32.1. The Labute approximate surface area is 257 Å². The average molecular weight is 604 g/mol. The zero-order valence-electron chi connectivity index (χ0n) is 25.1. The number of amides is 3. The van der Waals surface area contributed by atoms with Gasteiger partial charge in [0.05, 0.1) is 29.5 Å². The molecule has 0 radical (unpaired) electrons. The second-order valence-electron chi connectivity index (χ2n) is 11.4. The number of pyridine rings is 1. The summed E-state index contributed by atoms with van der Waals surface area (Å²) in [7, 11) is 0. The van der Waals surface area contributed by atoms with Gasteiger partial charge in [0, 0.05) is 38.2 Å². The van der Waals surface area contributed by atoms with Gasteiger partial charge in [-0.1, -0.05) is 20.4 Å². The first-order valence-electron chi connectivity index (χ1n) is 14.7. The predicted octanol–water partition coefficient (Wildman–Crippen LogP) is 4.34. The van der Waals surface area contributed by atoms with Crippen LogP contribution in [0, 0.1) is 11.8 Å². The van der Waals surface area contributed by atoms with E-state index in [-0.39, 0.29) is 30.2 Å². The minimum atomic E-state index is -0.399. The van der Waals surface area contributed by atoms with Crippen molar-refractivity contribution in [3.05, 3.63) is 94.4 Å². The third-order valence-corrected chi connectivity index (χ3v) is 8.47. The van der Waals surface area contributed by atoms with Crippen molar-refractivity contribution in [2.75, 3.05) is 26.2 Å². The number of nitrogens with zero attached hydrogens (tertiary/aromatic N) is 3. The number of carbonyl (C=O) groups excluding carboxylic acids is 3. The molecule has 0 spiro atoms. The number of hydrogen-bond donors (Lipinski definition) is 3. The third kappa shape index (κ3) is 8.09. The molecule has 4 rings (SSSR count). The van der Waals surface area contributed by atoms with Crippen LogP contribution in [0.5, 0.6) is 0 Å². The first-order valence-corrected chi connectivity index (χ1v) is 15.6. The van der Waals surface area contributed by atoms with Crippen molar-refractivity contribution in [1.29, 1.82) is 0 Å². The van der Waals surface area contributed by atoms with Crippen LogP contribution < -0.4 is 10.6 Å². The number of piperidine rings is 1. The number of hydrogen-bond acceptors (Lipinski definition) is 7. The molecule has 2 aliphatic heterocycles. The molecule has 3 N–H and O–H groups in total. The Morgan fingerprint density at radius 2 is 1.95 bits per heavy atom. The molecule has 0 saturated carbocycles. The fourth-order valence-electron chi connectivity index (χ4n) is 5.38. The van der Waals surface area contributed by atoms with Crippen molar-refractivity contribution in [2.45, 2.75) is 46.1 Å². The van der Waals surface area contributed by atoms with Gasteiger partial charge in [0.2, 0.25) is 0 Å². The largest absolute Gasteiger partial charge is 0.394 e. The smallest absolute Gasteiger partial charge is 0.268 e. The van der Waals surface area contributed by atoms with Crippen LogP contribution in [0.15, 0.2) is 83.3 Å². The van der Waals surface area contributed by atoms with E-state index in [1.165, 1.54) is 11.3 Å². The maximum absolute atomic E-state index is 13.7. The molecule has 1 unspecified atom stereocenters. The van der Waals surface area contributed by atoms with E-state index in [1.807, 2.05) is 42.5 Å². The van der Waals surface area contributed by atoms with Crippen LogP contribution >= 0.6 is 11.3 Å². The summed E-state index contributed by atoms with van der Waals surface area (Å²) in [4.78, 5) is 47.3. The van der Waals surface area contributed by atoms with E-state index in [1.54, 1.807) is 47.8 Å². The number of rotatable bonds is 11. The number of aromatic nitrogens is 1. The number of thiophene rings is 1. The number of aliphatic hydroxyl groups is 1. The maximum Gasteiger partial charge on any atom is 0.268 e. The highest BCUT2D eigenvalue weighted by molar-refractivity contribution is 7.08. The first-order chi connectivity index (χ1) is 20.7. The minimum Gasteiger partial charge on any atom is -0.394 e. The fraction of sp³-hybridized carbons (Fsp3) is 0.394. The summed E-state index contributed by atoms with van der Waals surface area (Å²) in [5, 5.41) is 19.9. The van der Waals surface area contributed by atoms with E-state index in [9.17, 15) is 19.5 Å². The molecule has 228 valence electrons. The molecule has 0 bridgehead atoms. The zero-order chi connectivity index (χ0) is 30.9. The van der Waals surface area contributed by atoms with Crippen LogP contribution in [0.1, 0.15) is 56.0 Å². The van der Waals surface area contributed by atoms with Crippen LogP contribution in [-0.4, -0.2) is 69.9 Å². The molecule has 1 atom stereocenters. The van der Waals surface area contributed by atoms with Crippen molar-refractivity contribution < 1.29 is 19.5 Å².